The molecule has 0 radical (unpaired) electrons. The van der Waals surface area contributed by atoms with Crippen molar-refractivity contribution >= 4 is 12.0 Å². The maximum absolute atomic E-state index is 9.89. The van der Waals surface area contributed by atoms with E-state index in [1.54, 1.807) is 27.2 Å². The molecular weight excluding hydrogens is 240 g/mol. The van der Waals surface area contributed by atoms with Gasteiger partial charge in [-0.15, -0.1) is 0 Å². The molecule has 4 heteroatoms. The first-order valence-corrected chi connectivity index (χ1v) is 5.75. The quantitative estimate of drug-likeness (QED) is 0.771. The summed E-state index contributed by atoms with van der Waals surface area (Å²) in [6.07, 6.45) is 1.83. The van der Waals surface area contributed by atoms with E-state index < -0.39 is 5.97 Å². The smallest absolute Gasteiger partial charge is 0.118 e. The summed E-state index contributed by atoms with van der Waals surface area (Å²) in [5.41, 5.74) is 1.17. The lowest BCUT2D eigenvalue weighted by Crippen LogP contribution is -2.45. The minimum Gasteiger partial charge on any atom is -0.544 e. The van der Waals surface area contributed by atoms with Gasteiger partial charge < -0.3 is 14.4 Å². The topological polar surface area (TPSA) is 63.9 Å². The number of quaternary nitrogens is 1. The van der Waals surface area contributed by atoms with Gasteiger partial charge in [0.25, 0.3) is 0 Å². The van der Waals surface area contributed by atoms with Crippen molar-refractivity contribution in [3.8, 4) is 6.07 Å². The molecule has 1 aromatic carbocycles. The Morgan fingerprint density at radius 3 is 1.95 bits per heavy atom. The van der Waals surface area contributed by atoms with Crippen molar-refractivity contribution in [3.05, 3.63) is 42.5 Å². The number of carbonyl (C=O) groups is 1. The SMILES string of the molecule is C=Cc1ccccc1.CC#N.C[N+](C)(C)CC(=O)[O-]. The van der Waals surface area contributed by atoms with Crippen LogP contribution in [-0.4, -0.2) is 38.1 Å². The summed E-state index contributed by atoms with van der Waals surface area (Å²) in [6.45, 7) is 5.13. The van der Waals surface area contributed by atoms with Crippen molar-refractivity contribution in [2.45, 2.75) is 6.92 Å². The molecule has 0 aliphatic carbocycles. The summed E-state index contributed by atoms with van der Waals surface area (Å²) in [5.74, 6) is -1.00. The number of carbonyl (C=O) groups excluding carboxylic acids is 1. The van der Waals surface area contributed by atoms with Crippen LogP contribution in [0.5, 0.6) is 0 Å². The third-order valence-corrected chi connectivity index (χ3v) is 1.64. The molecule has 1 rings (SSSR count). The Kier molecular flexibility index (Phi) is 11.1. The molecule has 0 fully saturated rings. The van der Waals surface area contributed by atoms with E-state index in [2.05, 4.69) is 6.58 Å². The highest BCUT2D eigenvalue weighted by Gasteiger charge is 2.04. The molecule has 1 aromatic rings. The van der Waals surface area contributed by atoms with Crippen LogP contribution in [0.2, 0.25) is 0 Å². The van der Waals surface area contributed by atoms with Crippen LogP contribution in [0.15, 0.2) is 36.9 Å². The highest BCUT2D eigenvalue weighted by molar-refractivity contribution is 5.65. The van der Waals surface area contributed by atoms with E-state index in [0.717, 1.165) is 0 Å². The van der Waals surface area contributed by atoms with Gasteiger partial charge in [-0.05, 0) is 5.56 Å². The van der Waals surface area contributed by atoms with E-state index >= 15 is 0 Å². The zero-order valence-electron chi connectivity index (χ0n) is 12.1. The van der Waals surface area contributed by atoms with E-state index in [0.29, 0.717) is 4.48 Å². The van der Waals surface area contributed by atoms with Crippen LogP contribution in [0, 0.1) is 11.3 Å². The molecule has 4 nitrogen and oxygen atoms in total. The molecule has 0 saturated carbocycles. The second kappa shape index (κ2) is 11.0. The Balaban J connectivity index is 0. The van der Waals surface area contributed by atoms with Crippen molar-refractivity contribution in [1.82, 2.24) is 0 Å². The van der Waals surface area contributed by atoms with Gasteiger partial charge in [-0.25, -0.2) is 0 Å². The lowest BCUT2D eigenvalue weighted by molar-refractivity contribution is -0.864. The molecular formula is C15H22N2O2. The number of benzene rings is 1. The summed E-state index contributed by atoms with van der Waals surface area (Å²) in [7, 11) is 5.40. The number of nitriles is 1. The molecule has 0 spiro atoms. The van der Waals surface area contributed by atoms with E-state index in [4.69, 9.17) is 5.26 Å². The van der Waals surface area contributed by atoms with Crippen LogP contribution in [0.3, 0.4) is 0 Å². The Hall–Kier alpha value is -2.12. The van der Waals surface area contributed by atoms with Crippen molar-refractivity contribution in [3.63, 3.8) is 0 Å². The van der Waals surface area contributed by atoms with Crippen LogP contribution in [-0.2, 0) is 4.79 Å². The Morgan fingerprint density at radius 1 is 1.37 bits per heavy atom. The lowest BCUT2D eigenvalue weighted by Gasteiger charge is -2.23. The molecule has 0 aromatic heterocycles. The molecule has 0 bridgehead atoms. The standard InChI is InChI=1S/C8H8.C5H11NO2.C2H3N/c1-2-8-6-4-3-5-7-8;1-6(2,3)4-5(7)8;1-2-3/h2-7H,1H2;4H2,1-3H3;1H3. The van der Waals surface area contributed by atoms with Crippen molar-refractivity contribution < 1.29 is 14.4 Å². The van der Waals surface area contributed by atoms with Crippen LogP contribution in [0.1, 0.15) is 12.5 Å². The molecule has 0 saturated heterocycles. The first kappa shape index (κ1) is 19.2. The first-order chi connectivity index (χ1) is 8.76. The number of hydrogen-bond acceptors (Lipinski definition) is 3. The highest BCUT2D eigenvalue weighted by atomic mass is 16.4. The maximum atomic E-state index is 9.89. The molecule has 104 valence electrons. The van der Waals surface area contributed by atoms with E-state index in [-0.39, 0.29) is 6.54 Å². The summed E-state index contributed by atoms with van der Waals surface area (Å²) in [4.78, 5) is 9.89. The fourth-order valence-corrected chi connectivity index (χ4v) is 0.976. The largest absolute Gasteiger partial charge is 0.544 e. The Morgan fingerprint density at radius 2 is 1.79 bits per heavy atom. The maximum Gasteiger partial charge on any atom is 0.118 e. The van der Waals surface area contributed by atoms with E-state index in [1.165, 1.54) is 12.5 Å². The summed E-state index contributed by atoms with van der Waals surface area (Å²) in [6, 6.07) is 11.8. The summed E-state index contributed by atoms with van der Waals surface area (Å²) >= 11 is 0. The van der Waals surface area contributed by atoms with Crippen molar-refractivity contribution in [1.29, 1.82) is 5.26 Å². The zero-order valence-corrected chi connectivity index (χ0v) is 12.1. The monoisotopic (exact) mass is 262 g/mol. The highest BCUT2D eigenvalue weighted by Crippen LogP contribution is 1.97. The van der Waals surface area contributed by atoms with Gasteiger partial charge in [0.15, 0.2) is 0 Å². The minimum absolute atomic E-state index is 0.0694. The fourth-order valence-electron chi connectivity index (χ4n) is 0.976. The van der Waals surface area contributed by atoms with Gasteiger partial charge >= 0.3 is 0 Å². The Bertz CT molecular complexity index is 400. The fraction of sp³-hybridized carbons (Fsp3) is 0.333. The molecule has 0 aliphatic rings. The average Bonchev–Trinajstić information content (AvgIpc) is 2.28. The molecule has 0 heterocycles. The lowest BCUT2D eigenvalue weighted by atomic mass is 10.2. The number of rotatable bonds is 3. The number of carboxylic acids is 1. The predicted molar refractivity (Wildman–Crippen MR) is 75.7 cm³/mol. The molecule has 0 N–H and O–H groups in total. The van der Waals surface area contributed by atoms with Crippen molar-refractivity contribution in [2.75, 3.05) is 27.7 Å². The molecule has 19 heavy (non-hydrogen) atoms. The van der Waals surface area contributed by atoms with Gasteiger partial charge in [-0.3, -0.25) is 0 Å². The second-order valence-corrected chi connectivity index (χ2v) is 4.66. The molecule has 0 atom stereocenters. The van der Waals surface area contributed by atoms with E-state index in [1.807, 2.05) is 36.4 Å². The summed E-state index contributed by atoms with van der Waals surface area (Å²) in [5, 5.41) is 17.2. The van der Waals surface area contributed by atoms with Crippen LogP contribution < -0.4 is 5.11 Å². The van der Waals surface area contributed by atoms with Gasteiger partial charge in [0.2, 0.25) is 0 Å². The van der Waals surface area contributed by atoms with Crippen LogP contribution in [0.4, 0.5) is 0 Å². The second-order valence-electron chi connectivity index (χ2n) is 4.66. The Labute approximate surface area is 115 Å². The van der Waals surface area contributed by atoms with Gasteiger partial charge in [-0.2, -0.15) is 5.26 Å². The summed E-state index contributed by atoms with van der Waals surface area (Å²) < 4.78 is 0.419. The molecule has 0 aliphatic heterocycles. The van der Waals surface area contributed by atoms with Gasteiger partial charge in [0, 0.05) is 6.92 Å². The van der Waals surface area contributed by atoms with Gasteiger partial charge in [0.1, 0.15) is 6.54 Å². The van der Waals surface area contributed by atoms with Crippen molar-refractivity contribution in [2.24, 2.45) is 0 Å². The van der Waals surface area contributed by atoms with Gasteiger partial charge in [-0.1, -0.05) is 43.0 Å². The number of aliphatic carboxylic acids is 1. The third-order valence-electron chi connectivity index (χ3n) is 1.64. The minimum atomic E-state index is -1.00. The first-order valence-electron chi connectivity index (χ1n) is 5.75. The molecule has 0 unspecified atom stereocenters. The average molecular weight is 262 g/mol. The van der Waals surface area contributed by atoms with Gasteiger partial charge in [0.05, 0.1) is 33.2 Å². The number of hydrogen-bond donors (Lipinski definition) is 0. The van der Waals surface area contributed by atoms with Crippen LogP contribution in [0.25, 0.3) is 6.08 Å². The zero-order chi connectivity index (χ0) is 15.3. The van der Waals surface area contributed by atoms with Crippen LogP contribution >= 0.6 is 0 Å². The number of nitrogens with zero attached hydrogens (tertiary/aromatic N) is 2. The molecule has 0 amide bonds. The third kappa shape index (κ3) is 18.4. The normalized spacial score (nSPS) is 8.79. The predicted octanol–water partition coefficient (Wildman–Crippen LogP) is 1.30. The number of carboxylic acid groups (broad SMARTS) is 1. The number of likely N-dealkylation sites (N-methyl/N-ethyl adjacent to an activating group) is 1. The van der Waals surface area contributed by atoms with E-state index in [9.17, 15) is 9.90 Å².